The van der Waals surface area contributed by atoms with Gasteiger partial charge in [-0.1, -0.05) is 56.2 Å². The Morgan fingerprint density at radius 1 is 0.887 bits per heavy atom. The summed E-state index contributed by atoms with van der Waals surface area (Å²) >= 11 is 0. The molecule has 0 bridgehead atoms. The molecule has 8 nitrogen and oxygen atoms in total. The number of carbonyl (C=O) groups is 2. The molecule has 53 heavy (non-hydrogen) atoms. The van der Waals surface area contributed by atoms with Crippen molar-refractivity contribution < 1.29 is 18.7 Å². The first-order valence-electron chi connectivity index (χ1n) is 18.8. The topological polar surface area (TPSA) is 102 Å². The second kappa shape index (κ2) is 14.7. The summed E-state index contributed by atoms with van der Waals surface area (Å²) in [5.41, 5.74) is 7.83. The molecule has 0 spiro atoms. The minimum Gasteiger partial charge on any atom is -0.453 e. The molecule has 1 saturated carbocycles. The van der Waals surface area contributed by atoms with Crippen LogP contribution in [-0.2, 0) is 6.42 Å². The smallest absolute Gasteiger partial charge is 0.343 e. The molecule has 1 amide bonds. The fourth-order valence-electron chi connectivity index (χ4n) is 8.01. The molecule has 2 heterocycles. The SMILES string of the molecule is CCCC1CCC(c2ccc(-c3ccc(OC(=O)c4ccc(NC(=O)c5cc6nc7cc8c(cc7oc-6cc5=O)N(C)CCC8)cc4)cc3)cc2)CC1. The Kier molecular flexibility index (Phi) is 9.52. The summed E-state index contributed by atoms with van der Waals surface area (Å²) < 4.78 is 11.7. The molecule has 4 aromatic rings. The van der Waals surface area contributed by atoms with Crippen LogP contribution in [0.25, 0.3) is 33.7 Å². The van der Waals surface area contributed by atoms with E-state index in [2.05, 4.69) is 48.5 Å². The standard InChI is InChI=1S/C45H43N3O5/c1-3-5-28-7-9-29(10-8-28)30-11-13-31(14-12-30)32-17-21-36(22-18-32)52-45(51)33-15-19-35(20-16-33)46-44(50)37-25-39-43(27-41(37)49)53-42-26-40-34(24-38(42)47-39)6-4-23-48(40)2/h11-22,24-29H,3-10,23H2,1-2H3,(H,46,50). The zero-order chi connectivity index (χ0) is 36.5. The maximum Gasteiger partial charge on any atom is 0.343 e. The van der Waals surface area contributed by atoms with Crippen LogP contribution in [0, 0.1) is 5.92 Å². The van der Waals surface area contributed by atoms with Crippen molar-refractivity contribution in [1.29, 1.82) is 0 Å². The normalized spacial score (nSPS) is 17.1. The van der Waals surface area contributed by atoms with E-state index in [1.165, 1.54) is 61.8 Å². The lowest BCUT2D eigenvalue weighted by Crippen LogP contribution is -2.24. The number of esters is 1. The Morgan fingerprint density at radius 3 is 2.32 bits per heavy atom. The van der Waals surface area contributed by atoms with Gasteiger partial charge in [-0.15, -0.1) is 0 Å². The lowest BCUT2D eigenvalue weighted by atomic mass is 9.77. The molecule has 8 heteroatoms. The number of hydrogen-bond donors (Lipinski definition) is 1. The number of anilines is 2. The van der Waals surface area contributed by atoms with Crippen molar-refractivity contribution in [3.63, 3.8) is 0 Å². The number of ether oxygens (including phenoxy) is 1. The van der Waals surface area contributed by atoms with Gasteiger partial charge in [-0.05, 0) is 121 Å². The van der Waals surface area contributed by atoms with E-state index < -0.39 is 17.3 Å². The van der Waals surface area contributed by atoms with E-state index in [-0.39, 0.29) is 5.56 Å². The van der Waals surface area contributed by atoms with E-state index in [0.29, 0.717) is 45.5 Å². The number of aromatic nitrogens is 1. The second-order valence-corrected chi connectivity index (χ2v) is 14.6. The Bertz CT molecular complexity index is 2300. The summed E-state index contributed by atoms with van der Waals surface area (Å²) in [6.45, 7) is 3.25. The monoisotopic (exact) mass is 705 g/mol. The fraction of sp³-hybridized carbons (Fsp3) is 0.289. The number of nitrogens with one attached hydrogen (secondary N) is 1. The van der Waals surface area contributed by atoms with E-state index in [4.69, 9.17) is 14.1 Å². The van der Waals surface area contributed by atoms with Gasteiger partial charge in [0, 0.05) is 37.1 Å². The lowest BCUT2D eigenvalue weighted by Gasteiger charge is -2.28. The first-order chi connectivity index (χ1) is 25.8. The quantitative estimate of drug-likeness (QED) is 0.0956. The number of carbonyl (C=O) groups excluding carboxylic acids is 2. The van der Waals surface area contributed by atoms with Crippen LogP contribution in [0.3, 0.4) is 0 Å². The van der Waals surface area contributed by atoms with Gasteiger partial charge < -0.3 is 19.4 Å². The molecule has 1 N–H and O–H groups in total. The molecular formula is C45H43N3O5. The van der Waals surface area contributed by atoms with Gasteiger partial charge in [-0.2, -0.15) is 0 Å². The summed E-state index contributed by atoms with van der Waals surface area (Å²) in [5.74, 6) is 1.22. The highest BCUT2D eigenvalue weighted by atomic mass is 16.5. The van der Waals surface area contributed by atoms with Gasteiger partial charge in [0.2, 0.25) is 0 Å². The third-order valence-electron chi connectivity index (χ3n) is 11.0. The molecule has 8 rings (SSSR count). The van der Waals surface area contributed by atoms with Crippen LogP contribution >= 0.6 is 0 Å². The second-order valence-electron chi connectivity index (χ2n) is 14.6. The van der Waals surface area contributed by atoms with Crippen LogP contribution in [0.15, 0.2) is 106 Å². The van der Waals surface area contributed by atoms with Gasteiger partial charge in [0.15, 0.2) is 16.8 Å². The van der Waals surface area contributed by atoms with Gasteiger partial charge in [-0.25, -0.2) is 9.78 Å². The number of hydrogen-bond acceptors (Lipinski definition) is 7. The van der Waals surface area contributed by atoms with E-state index in [9.17, 15) is 14.4 Å². The molecule has 268 valence electrons. The van der Waals surface area contributed by atoms with E-state index in [1.54, 1.807) is 36.4 Å². The molecule has 0 atom stereocenters. The highest BCUT2D eigenvalue weighted by molar-refractivity contribution is 6.05. The first kappa shape index (κ1) is 34.3. The van der Waals surface area contributed by atoms with Gasteiger partial charge in [-0.3, -0.25) is 9.59 Å². The number of aryl methyl sites for hydroxylation is 1. The van der Waals surface area contributed by atoms with E-state index in [1.807, 2.05) is 24.3 Å². The lowest BCUT2D eigenvalue weighted by molar-refractivity contribution is 0.0734. The first-order valence-corrected chi connectivity index (χ1v) is 18.8. The minimum atomic E-state index is -0.578. The summed E-state index contributed by atoms with van der Waals surface area (Å²) in [5, 5.41) is 2.76. The van der Waals surface area contributed by atoms with Crippen LogP contribution in [0.4, 0.5) is 11.4 Å². The molecule has 0 aromatic heterocycles. The average molecular weight is 706 g/mol. The van der Waals surface area contributed by atoms with Gasteiger partial charge in [0.25, 0.3) is 5.91 Å². The van der Waals surface area contributed by atoms with Gasteiger partial charge in [0.05, 0.1) is 11.1 Å². The third-order valence-corrected chi connectivity index (χ3v) is 11.0. The highest BCUT2D eigenvalue weighted by Crippen LogP contribution is 2.38. The number of benzene rings is 5. The maximum absolute atomic E-state index is 13.2. The number of amides is 1. The van der Waals surface area contributed by atoms with Gasteiger partial charge >= 0.3 is 5.97 Å². The van der Waals surface area contributed by atoms with E-state index in [0.717, 1.165) is 42.1 Å². The molecule has 4 aromatic carbocycles. The van der Waals surface area contributed by atoms with Crippen LogP contribution < -0.4 is 20.4 Å². The third kappa shape index (κ3) is 7.31. The maximum atomic E-state index is 13.2. The van der Waals surface area contributed by atoms with Crippen molar-refractivity contribution in [1.82, 2.24) is 4.98 Å². The predicted molar refractivity (Wildman–Crippen MR) is 209 cm³/mol. The van der Waals surface area contributed by atoms with Crippen molar-refractivity contribution in [2.45, 2.75) is 64.2 Å². The largest absolute Gasteiger partial charge is 0.453 e. The Hall–Kier alpha value is -5.76. The zero-order valence-corrected chi connectivity index (χ0v) is 30.2. The minimum absolute atomic E-state index is 0.0511. The molecule has 0 unspecified atom stereocenters. The molecule has 4 aliphatic rings. The highest BCUT2D eigenvalue weighted by Gasteiger charge is 2.23. The number of nitrogens with zero attached hydrogens (tertiary/aromatic N) is 2. The van der Waals surface area contributed by atoms with Crippen LogP contribution in [0.5, 0.6) is 5.75 Å². The zero-order valence-electron chi connectivity index (χ0n) is 30.2. The van der Waals surface area contributed by atoms with Gasteiger partial charge in [0.1, 0.15) is 17.0 Å². The number of rotatable bonds is 8. The van der Waals surface area contributed by atoms with Crippen molar-refractivity contribution >= 4 is 34.4 Å². The summed E-state index contributed by atoms with van der Waals surface area (Å²) in [6.07, 6.45) is 9.90. The van der Waals surface area contributed by atoms with Crippen LogP contribution in [0.1, 0.15) is 89.6 Å². The fourth-order valence-corrected chi connectivity index (χ4v) is 8.01. The Balaban J connectivity index is 0.889. The average Bonchev–Trinajstić information content (AvgIpc) is 3.17. The predicted octanol–water partition coefficient (Wildman–Crippen LogP) is 9.89. The Morgan fingerprint density at radius 2 is 1.60 bits per heavy atom. The van der Waals surface area contributed by atoms with E-state index >= 15 is 0 Å². The van der Waals surface area contributed by atoms with Crippen LogP contribution in [0.2, 0.25) is 0 Å². The van der Waals surface area contributed by atoms with Crippen molar-refractivity contribution in [2.75, 3.05) is 23.8 Å². The Labute approximate surface area is 309 Å². The molecule has 0 saturated heterocycles. The van der Waals surface area contributed by atoms with Crippen molar-refractivity contribution in [3.8, 4) is 28.3 Å². The number of fused-ring (bicyclic) bond motifs is 3. The molecule has 2 aliphatic carbocycles. The molecule has 0 radical (unpaired) electrons. The molecule has 2 aliphatic heterocycles. The van der Waals surface area contributed by atoms with Crippen LogP contribution in [-0.4, -0.2) is 30.5 Å². The summed E-state index contributed by atoms with van der Waals surface area (Å²) in [7, 11) is 2.05. The van der Waals surface area contributed by atoms with Crippen molar-refractivity contribution in [3.05, 3.63) is 130 Å². The van der Waals surface area contributed by atoms with Crippen molar-refractivity contribution in [2.24, 2.45) is 5.92 Å². The summed E-state index contributed by atoms with van der Waals surface area (Å²) in [6, 6.07) is 29.5. The summed E-state index contributed by atoms with van der Waals surface area (Å²) in [4.78, 5) is 46.1. The molecular weight excluding hydrogens is 663 g/mol. The molecule has 1 fully saturated rings.